The van der Waals surface area contributed by atoms with Gasteiger partial charge in [0.1, 0.15) is 0 Å². The second-order valence-corrected chi connectivity index (χ2v) is 20.0. The highest BCUT2D eigenvalue weighted by Crippen LogP contribution is 2.39. The molecule has 2 heteroatoms. The maximum Gasteiger partial charge on any atom is 0.0389 e. The Morgan fingerprint density at radius 1 is 0.370 bits per heavy atom. The number of unbranched alkanes of at least 4 members (excludes halogenated alkanes) is 3. The molecule has 0 spiro atoms. The standard InChI is InChI=1S/C44H72N2/c1-39(2,3)31-25-35(41(7,8)9)33(36(26-31)42(10,11)12)29-45-23-21-19-20-22-24-46-30-34-37(43(13,14)15)27-32(40(4,5)6)28-38(34)44(16,17)18/h25-30H,19-24H2,1-18H3/b45-29+,46-30+. The third-order valence-corrected chi connectivity index (χ3v) is 9.09. The number of hydrogen-bond donors (Lipinski definition) is 0. The Morgan fingerprint density at radius 3 is 0.804 bits per heavy atom. The molecule has 0 fully saturated rings. The molecule has 0 saturated carbocycles. The quantitative estimate of drug-likeness (QED) is 0.195. The molecule has 2 rings (SSSR count). The van der Waals surface area contributed by atoms with Crippen molar-refractivity contribution < 1.29 is 0 Å². The van der Waals surface area contributed by atoms with E-state index >= 15 is 0 Å². The highest BCUT2D eigenvalue weighted by molar-refractivity contribution is 5.86. The van der Waals surface area contributed by atoms with E-state index < -0.39 is 0 Å². The number of nitrogens with zero attached hydrogens (tertiary/aromatic N) is 2. The van der Waals surface area contributed by atoms with E-state index in [0.717, 1.165) is 25.9 Å². The molecule has 0 atom stereocenters. The fourth-order valence-electron chi connectivity index (χ4n) is 6.00. The molecule has 2 aromatic carbocycles. The van der Waals surface area contributed by atoms with Gasteiger partial charge in [-0.3, -0.25) is 9.98 Å². The summed E-state index contributed by atoms with van der Waals surface area (Å²) in [6.45, 7) is 43.6. The van der Waals surface area contributed by atoms with Crippen LogP contribution in [0.4, 0.5) is 0 Å². The Kier molecular flexibility index (Phi) is 12.6. The molecule has 2 nitrogen and oxygen atoms in total. The van der Waals surface area contributed by atoms with Crippen molar-refractivity contribution in [1.82, 2.24) is 0 Å². The average molecular weight is 629 g/mol. The predicted octanol–water partition coefficient (Wildman–Crippen LogP) is 12.6. The molecule has 0 N–H and O–H groups in total. The van der Waals surface area contributed by atoms with E-state index in [-0.39, 0.29) is 32.5 Å². The summed E-state index contributed by atoms with van der Waals surface area (Å²) in [5.41, 5.74) is 11.5. The van der Waals surface area contributed by atoms with Crippen molar-refractivity contribution in [2.45, 2.75) is 183 Å². The first-order chi connectivity index (χ1) is 20.6. The predicted molar refractivity (Wildman–Crippen MR) is 208 cm³/mol. The van der Waals surface area contributed by atoms with Gasteiger partial charge < -0.3 is 0 Å². The lowest BCUT2D eigenvalue weighted by Crippen LogP contribution is -2.24. The first-order valence-electron chi connectivity index (χ1n) is 18.0. The smallest absolute Gasteiger partial charge is 0.0389 e. The van der Waals surface area contributed by atoms with Crippen LogP contribution in [0.2, 0.25) is 0 Å². The van der Waals surface area contributed by atoms with Gasteiger partial charge in [0.2, 0.25) is 0 Å². The molecule has 0 unspecified atom stereocenters. The van der Waals surface area contributed by atoms with E-state index in [1.165, 1.54) is 57.3 Å². The van der Waals surface area contributed by atoms with Gasteiger partial charge in [-0.15, -0.1) is 0 Å². The zero-order chi connectivity index (χ0) is 35.5. The maximum atomic E-state index is 4.99. The van der Waals surface area contributed by atoms with Gasteiger partial charge in [0, 0.05) is 25.5 Å². The van der Waals surface area contributed by atoms with Crippen LogP contribution in [0.25, 0.3) is 0 Å². The van der Waals surface area contributed by atoms with Gasteiger partial charge in [0.05, 0.1) is 0 Å². The molecular formula is C44H72N2. The van der Waals surface area contributed by atoms with Crippen LogP contribution in [0.1, 0.15) is 195 Å². The van der Waals surface area contributed by atoms with E-state index in [1.54, 1.807) is 0 Å². The summed E-state index contributed by atoms with van der Waals surface area (Å²) in [5.74, 6) is 0. The largest absolute Gasteiger partial charge is 0.293 e. The zero-order valence-electron chi connectivity index (χ0n) is 33.6. The molecule has 0 aliphatic rings. The van der Waals surface area contributed by atoms with Crippen molar-refractivity contribution in [1.29, 1.82) is 0 Å². The van der Waals surface area contributed by atoms with Crippen LogP contribution < -0.4 is 0 Å². The van der Waals surface area contributed by atoms with Gasteiger partial charge in [-0.1, -0.05) is 162 Å². The van der Waals surface area contributed by atoms with E-state index in [9.17, 15) is 0 Å². The molecule has 0 amide bonds. The lowest BCUT2D eigenvalue weighted by Gasteiger charge is -2.32. The third-order valence-electron chi connectivity index (χ3n) is 9.09. The first kappa shape index (κ1) is 40.0. The van der Waals surface area contributed by atoms with Gasteiger partial charge in [-0.2, -0.15) is 0 Å². The molecule has 0 aliphatic carbocycles. The molecular weight excluding hydrogens is 556 g/mol. The molecule has 0 aliphatic heterocycles. The Labute approximate surface area is 286 Å². The molecule has 2 aromatic rings. The normalized spacial score (nSPS) is 14.2. The van der Waals surface area contributed by atoms with Crippen molar-refractivity contribution in [3.05, 3.63) is 68.8 Å². The maximum absolute atomic E-state index is 4.99. The molecule has 0 radical (unpaired) electrons. The van der Waals surface area contributed by atoms with Crippen molar-refractivity contribution in [2.24, 2.45) is 9.98 Å². The molecule has 0 saturated heterocycles. The van der Waals surface area contributed by atoms with Gasteiger partial charge in [0.25, 0.3) is 0 Å². The van der Waals surface area contributed by atoms with Crippen LogP contribution in [0.15, 0.2) is 34.3 Å². The van der Waals surface area contributed by atoms with Crippen molar-refractivity contribution in [2.75, 3.05) is 13.1 Å². The highest BCUT2D eigenvalue weighted by atomic mass is 14.7. The molecule has 46 heavy (non-hydrogen) atoms. The second-order valence-electron chi connectivity index (χ2n) is 20.0. The minimum Gasteiger partial charge on any atom is -0.293 e. The van der Waals surface area contributed by atoms with Crippen molar-refractivity contribution >= 4 is 12.4 Å². The van der Waals surface area contributed by atoms with Gasteiger partial charge in [0.15, 0.2) is 0 Å². The summed E-state index contributed by atoms with van der Waals surface area (Å²) >= 11 is 0. The van der Waals surface area contributed by atoms with Crippen LogP contribution >= 0.6 is 0 Å². The molecule has 258 valence electrons. The number of hydrogen-bond acceptors (Lipinski definition) is 2. The van der Waals surface area contributed by atoms with Gasteiger partial charge in [-0.25, -0.2) is 0 Å². The lowest BCUT2D eigenvalue weighted by atomic mass is 9.72. The van der Waals surface area contributed by atoms with E-state index in [2.05, 4.69) is 161 Å². The Bertz CT molecular complexity index is 1180. The van der Waals surface area contributed by atoms with Crippen LogP contribution in [0.5, 0.6) is 0 Å². The molecule has 0 heterocycles. The first-order valence-corrected chi connectivity index (χ1v) is 18.0. The van der Waals surface area contributed by atoms with Crippen LogP contribution in [0, 0.1) is 0 Å². The van der Waals surface area contributed by atoms with Crippen molar-refractivity contribution in [3.8, 4) is 0 Å². The summed E-state index contributed by atoms with van der Waals surface area (Å²) in [6, 6.07) is 9.74. The van der Waals surface area contributed by atoms with E-state index in [0.29, 0.717) is 0 Å². The minimum absolute atomic E-state index is 0.0546. The van der Waals surface area contributed by atoms with Crippen LogP contribution in [0.3, 0.4) is 0 Å². The third kappa shape index (κ3) is 11.2. The monoisotopic (exact) mass is 629 g/mol. The van der Waals surface area contributed by atoms with Crippen LogP contribution in [-0.4, -0.2) is 25.5 Å². The summed E-state index contributed by atoms with van der Waals surface area (Å²) in [5, 5.41) is 0. The van der Waals surface area contributed by atoms with Gasteiger partial charge in [-0.05, 0) is 89.8 Å². The average Bonchev–Trinajstić information content (AvgIpc) is 2.85. The SMILES string of the molecule is CC(C)(C)c1cc(C(C)(C)C)c(/C=N/CCCCCC/N=C/c2c(C(C)(C)C)cc(C(C)(C)C)cc2C(C)(C)C)c(C(C)(C)C)c1. The van der Waals surface area contributed by atoms with E-state index in [4.69, 9.17) is 9.98 Å². The summed E-state index contributed by atoms with van der Waals surface area (Å²) in [4.78, 5) is 9.98. The number of aliphatic imine (C=N–C) groups is 2. The Morgan fingerprint density at radius 2 is 0.609 bits per heavy atom. The fraction of sp³-hybridized carbons (Fsp3) is 0.682. The lowest BCUT2D eigenvalue weighted by molar-refractivity contribution is 0.546. The zero-order valence-corrected chi connectivity index (χ0v) is 33.6. The summed E-state index contributed by atoms with van der Waals surface area (Å²) < 4.78 is 0. The summed E-state index contributed by atoms with van der Waals surface area (Å²) in [7, 11) is 0. The molecule has 0 aromatic heterocycles. The Balaban J connectivity index is 2.12. The van der Waals surface area contributed by atoms with Crippen molar-refractivity contribution in [3.63, 3.8) is 0 Å². The minimum atomic E-state index is 0.0546. The Hall–Kier alpha value is -2.22. The van der Waals surface area contributed by atoms with Gasteiger partial charge >= 0.3 is 0 Å². The topological polar surface area (TPSA) is 24.7 Å². The molecule has 0 bridgehead atoms. The summed E-state index contributed by atoms with van der Waals surface area (Å²) in [6.07, 6.45) is 8.98. The highest BCUT2D eigenvalue weighted by Gasteiger charge is 2.30. The number of benzene rings is 2. The number of rotatable bonds is 9. The fourth-order valence-corrected chi connectivity index (χ4v) is 6.00. The van der Waals surface area contributed by atoms with Crippen LogP contribution in [-0.2, 0) is 32.5 Å². The van der Waals surface area contributed by atoms with E-state index in [1.807, 2.05) is 0 Å². The second kappa shape index (κ2) is 14.5.